The van der Waals surface area contributed by atoms with Crippen molar-refractivity contribution in [2.45, 2.75) is 11.3 Å². The third-order valence-electron chi connectivity index (χ3n) is 4.73. The molecule has 8 heteroatoms. The van der Waals surface area contributed by atoms with E-state index in [2.05, 4.69) is 0 Å². The Bertz CT molecular complexity index is 1360. The average Bonchev–Trinajstić information content (AvgIpc) is 3.06. The van der Waals surface area contributed by atoms with Crippen molar-refractivity contribution in [3.8, 4) is 0 Å². The normalized spacial score (nSPS) is 11.7. The average molecular weight is 460 g/mol. The molecular weight excluding hydrogens is 445 g/mol. The number of hydrogen-bond donors (Lipinski definition) is 1. The molecule has 0 fully saturated rings. The minimum atomic E-state index is -3.90. The second-order valence-corrected chi connectivity index (χ2v) is 9.40. The number of aromatic nitrogens is 1. The van der Waals surface area contributed by atoms with Crippen LogP contribution >= 0.6 is 23.2 Å². The molecule has 0 spiro atoms. The molecule has 0 unspecified atom stereocenters. The van der Waals surface area contributed by atoms with Crippen LogP contribution in [0.5, 0.6) is 0 Å². The van der Waals surface area contributed by atoms with E-state index in [0.29, 0.717) is 33.1 Å². The van der Waals surface area contributed by atoms with Gasteiger partial charge in [-0.3, -0.25) is 0 Å². The molecule has 4 rings (SSSR count). The highest BCUT2D eigenvalue weighted by Crippen LogP contribution is 2.29. The summed E-state index contributed by atoms with van der Waals surface area (Å²) in [6, 6.07) is 19.1. The Morgan fingerprint density at radius 1 is 0.867 bits per heavy atom. The summed E-state index contributed by atoms with van der Waals surface area (Å²) in [6.45, 7) is 0. The quantitative estimate of drug-likeness (QED) is 0.428. The Morgan fingerprint density at radius 3 is 2.13 bits per heavy atom. The summed E-state index contributed by atoms with van der Waals surface area (Å²) in [5.74, 6) is -1.02. The first kappa shape index (κ1) is 20.5. The molecule has 0 amide bonds. The molecular formula is C22H15Cl2NO4S. The maximum atomic E-state index is 13.5. The number of halogens is 2. The second-order valence-electron chi connectivity index (χ2n) is 6.74. The number of carboxylic acid groups (broad SMARTS) is 1. The van der Waals surface area contributed by atoms with Gasteiger partial charge in [-0.25, -0.2) is 17.2 Å². The maximum Gasteiger partial charge on any atom is 0.335 e. The molecule has 30 heavy (non-hydrogen) atoms. The Hall–Kier alpha value is -2.80. The van der Waals surface area contributed by atoms with Gasteiger partial charge in [0.1, 0.15) is 0 Å². The van der Waals surface area contributed by atoms with Crippen LogP contribution < -0.4 is 0 Å². The number of fused-ring (bicyclic) bond motifs is 1. The van der Waals surface area contributed by atoms with E-state index in [4.69, 9.17) is 28.3 Å². The summed E-state index contributed by atoms with van der Waals surface area (Å²) in [6.07, 6.45) is 0.291. The molecule has 1 aromatic heterocycles. The van der Waals surface area contributed by atoms with Crippen molar-refractivity contribution in [3.05, 3.63) is 99.7 Å². The van der Waals surface area contributed by atoms with Gasteiger partial charge in [0.2, 0.25) is 0 Å². The third-order valence-corrected chi connectivity index (χ3v) is 7.00. The Labute approximate surface area is 183 Å². The number of hydrogen-bond acceptors (Lipinski definition) is 3. The molecule has 0 aliphatic carbocycles. The Balaban J connectivity index is 1.87. The van der Waals surface area contributed by atoms with Crippen LogP contribution in [0.4, 0.5) is 0 Å². The topological polar surface area (TPSA) is 76.4 Å². The van der Waals surface area contributed by atoms with E-state index in [-0.39, 0.29) is 10.5 Å². The molecule has 4 aromatic rings. The van der Waals surface area contributed by atoms with Crippen LogP contribution in [-0.2, 0) is 16.4 Å². The molecule has 3 aromatic carbocycles. The van der Waals surface area contributed by atoms with E-state index in [1.807, 2.05) is 0 Å². The van der Waals surface area contributed by atoms with Crippen molar-refractivity contribution in [3.63, 3.8) is 0 Å². The van der Waals surface area contributed by atoms with Crippen LogP contribution in [0.15, 0.2) is 77.7 Å². The first-order valence-electron chi connectivity index (χ1n) is 8.89. The van der Waals surface area contributed by atoms with Gasteiger partial charge < -0.3 is 5.11 Å². The predicted octanol–water partition coefficient (Wildman–Crippen LogP) is 5.47. The molecule has 152 valence electrons. The highest BCUT2D eigenvalue weighted by atomic mass is 35.5. The highest BCUT2D eigenvalue weighted by Gasteiger charge is 2.23. The number of nitrogens with zero attached hydrogens (tertiary/aromatic N) is 1. The van der Waals surface area contributed by atoms with E-state index in [9.17, 15) is 13.2 Å². The number of carboxylic acids is 1. The third kappa shape index (κ3) is 3.81. The summed E-state index contributed by atoms with van der Waals surface area (Å²) < 4.78 is 28.2. The number of aromatic carboxylic acids is 1. The van der Waals surface area contributed by atoms with Crippen LogP contribution in [0.3, 0.4) is 0 Å². The van der Waals surface area contributed by atoms with Crippen molar-refractivity contribution in [1.82, 2.24) is 3.97 Å². The predicted molar refractivity (Wildman–Crippen MR) is 117 cm³/mol. The smallest absolute Gasteiger partial charge is 0.335 e. The van der Waals surface area contributed by atoms with Gasteiger partial charge in [-0.2, -0.15) is 0 Å². The highest BCUT2D eigenvalue weighted by molar-refractivity contribution is 7.90. The van der Waals surface area contributed by atoms with E-state index in [1.165, 1.54) is 40.4 Å². The van der Waals surface area contributed by atoms with Crippen LogP contribution in [0.2, 0.25) is 10.0 Å². The lowest BCUT2D eigenvalue weighted by molar-refractivity contribution is 0.0697. The van der Waals surface area contributed by atoms with Gasteiger partial charge in [-0.15, -0.1) is 0 Å². The van der Waals surface area contributed by atoms with Crippen molar-refractivity contribution in [2.75, 3.05) is 0 Å². The van der Waals surface area contributed by atoms with Gasteiger partial charge in [-0.05, 0) is 66.2 Å². The number of carbonyl (C=O) groups is 1. The summed E-state index contributed by atoms with van der Waals surface area (Å²) in [5.41, 5.74) is 1.98. The van der Waals surface area contributed by atoms with Crippen molar-refractivity contribution in [1.29, 1.82) is 0 Å². The van der Waals surface area contributed by atoms with Crippen LogP contribution in [0, 0.1) is 0 Å². The minimum Gasteiger partial charge on any atom is -0.478 e. The van der Waals surface area contributed by atoms with Crippen LogP contribution in [-0.4, -0.2) is 23.5 Å². The lowest BCUT2D eigenvalue weighted by atomic mass is 10.1. The van der Waals surface area contributed by atoms with Gasteiger partial charge in [0.15, 0.2) is 0 Å². The van der Waals surface area contributed by atoms with Crippen molar-refractivity contribution >= 4 is 50.1 Å². The summed E-state index contributed by atoms with van der Waals surface area (Å²) in [4.78, 5) is 11.2. The fourth-order valence-corrected chi connectivity index (χ4v) is 5.16. The summed E-state index contributed by atoms with van der Waals surface area (Å²) in [5, 5.41) is 10.7. The summed E-state index contributed by atoms with van der Waals surface area (Å²) in [7, 11) is -3.90. The van der Waals surface area contributed by atoms with Gasteiger partial charge in [0, 0.05) is 27.5 Å². The van der Waals surface area contributed by atoms with Crippen LogP contribution in [0.25, 0.3) is 10.9 Å². The zero-order chi connectivity index (χ0) is 21.5. The zero-order valence-electron chi connectivity index (χ0n) is 15.4. The lowest BCUT2D eigenvalue weighted by Gasteiger charge is -2.12. The van der Waals surface area contributed by atoms with Gasteiger partial charge in [-0.1, -0.05) is 35.3 Å². The largest absolute Gasteiger partial charge is 0.478 e. The van der Waals surface area contributed by atoms with Crippen molar-refractivity contribution < 1.29 is 18.3 Å². The summed E-state index contributed by atoms with van der Waals surface area (Å²) >= 11 is 12.0. The number of benzene rings is 3. The molecule has 5 nitrogen and oxygen atoms in total. The molecule has 0 atom stereocenters. The molecule has 0 aliphatic rings. The molecule has 0 radical (unpaired) electrons. The first-order chi connectivity index (χ1) is 14.3. The van der Waals surface area contributed by atoms with Gasteiger partial charge >= 0.3 is 5.97 Å². The standard InChI is InChI=1S/C22H15Cl2NO4S/c23-17-5-8-20(9-6-17)30(28,29)25-19(13-16-12-18(24)7-10-21(16)25)11-14-1-3-15(4-2-14)22(26)27/h1-10,12-13H,11H2,(H,26,27). The van der Waals surface area contributed by atoms with E-state index >= 15 is 0 Å². The minimum absolute atomic E-state index is 0.113. The zero-order valence-corrected chi connectivity index (χ0v) is 17.7. The number of rotatable bonds is 5. The monoisotopic (exact) mass is 459 g/mol. The molecule has 0 bridgehead atoms. The van der Waals surface area contributed by atoms with Gasteiger partial charge in [0.05, 0.1) is 16.0 Å². The lowest BCUT2D eigenvalue weighted by Crippen LogP contribution is -2.16. The molecule has 0 aliphatic heterocycles. The molecule has 1 N–H and O–H groups in total. The molecule has 1 heterocycles. The maximum absolute atomic E-state index is 13.5. The SMILES string of the molecule is O=C(O)c1ccc(Cc2cc3cc(Cl)ccc3n2S(=O)(=O)c2ccc(Cl)cc2)cc1. The molecule has 0 saturated heterocycles. The first-order valence-corrected chi connectivity index (χ1v) is 11.1. The van der Waals surface area contributed by atoms with Crippen molar-refractivity contribution in [2.24, 2.45) is 0 Å². The second kappa shape index (κ2) is 7.80. The fraction of sp³-hybridized carbons (Fsp3) is 0.0455. The Kier molecular flexibility index (Phi) is 5.32. The van der Waals surface area contributed by atoms with E-state index in [1.54, 1.807) is 36.4 Å². The van der Waals surface area contributed by atoms with E-state index < -0.39 is 16.0 Å². The Morgan fingerprint density at radius 2 is 1.50 bits per heavy atom. The van der Waals surface area contributed by atoms with Gasteiger partial charge in [0.25, 0.3) is 10.0 Å². The fourth-order valence-electron chi connectivity index (χ4n) is 3.31. The molecule has 0 saturated carbocycles. The van der Waals surface area contributed by atoms with Crippen LogP contribution in [0.1, 0.15) is 21.6 Å². The van der Waals surface area contributed by atoms with E-state index in [0.717, 1.165) is 5.56 Å².